The fourth-order valence-corrected chi connectivity index (χ4v) is 2.54. The molecule has 1 aromatic carbocycles. The van der Waals surface area contributed by atoms with E-state index < -0.39 is 0 Å². The molecule has 0 amide bonds. The lowest BCUT2D eigenvalue weighted by Gasteiger charge is -2.20. The van der Waals surface area contributed by atoms with Crippen molar-refractivity contribution in [1.82, 2.24) is 15.0 Å². The molecule has 0 spiro atoms. The molecule has 0 radical (unpaired) electrons. The van der Waals surface area contributed by atoms with Crippen molar-refractivity contribution in [3.05, 3.63) is 47.5 Å². The van der Waals surface area contributed by atoms with Crippen LogP contribution in [0.25, 0.3) is 0 Å². The number of hydrogen-bond donors (Lipinski definition) is 2. The van der Waals surface area contributed by atoms with Crippen LogP contribution in [0.15, 0.2) is 30.6 Å². The Bertz CT molecular complexity index is 579. The number of methoxy groups -OCH3 is 1. The standard InChI is InChI=1S/C16H24N4O/c1-4-8-20-9-7-18-16(20)11-14(19-17)13-10-12(2)5-6-15(13)21-3/h5-7,9-10,14,19H,4,8,11,17H2,1-3H3. The zero-order valence-corrected chi connectivity index (χ0v) is 13.0. The van der Waals surface area contributed by atoms with Gasteiger partial charge < -0.3 is 9.30 Å². The Hall–Kier alpha value is -1.85. The highest BCUT2D eigenvalue weighted by molar-refractivity contribution is 5.39. The minimum Gasteiger partial charge on any atom is -0.496 e. The molecule has 0 fully saturated rings. The second kappa shape index (κ2) is 7.24. The summed E-state index contributed by atoms with van der Waals surface area (Å²) in [6, 6.07) is 6.09. The summed E-state index contributed by atoms with van der Waals surface area (Å²) < 4.78 is 7.63. The number of nitrogens with one attached hydrogen (secondary N) is 1. The van der Waals surface area contributed by atoms with E-state index in [9.17, 15) is 0 Å². The molecule has 2 rings (SSSR count). The fraction of sp³-hybridized carbons (Fsp3) is 0.438. The number of aryl methyl sites for hydroxylation is 2. The Labute approximate surface area is 126 Å². The van der Waals surface area contributed by atoms with Crippen LogP contribution in [0.1, 0.15) is 36.3 Å². The number of hydrogen-bond acceptors (Lipinski definition) is 4. The lowest BCUT2D eigenvalue weighted by atomic mass is 10.0. The Balaban J connectivity index is 2.27. The van der Waals surface area contributed by atoms with Gasteiger partial charge in [-0.05, 0) is 19.4 Å². The van der Waals surface area contributed by atoms with Crippen LogP contribution in [0.3, 0.4) is 0 Å². The number of hydrazine groups is 1. The van der Waals surface area contributed by atoms with Crippen LogP contribution in [-0.2, 0) is 13.0 Å². The minimum absolute atomic E-state index is 0.0298. The molecule has 5 heteroatoms. The number of nitrogens with zero attached hydrogens (tertiary/aromatic N) is 2. The maximum atomic E-state index is 5.78. The molecule has 5 nitrogen and oxygen atoms in total. The zero-order chi connectivity index (χ0) is 15.2. The van der Waals surface area contributed by atoms with Gasteiger partial charge in [0.25, 0.3) is 0 Å². The Morgan fingerprint density at radius 1 is 1.43 bits per heavy atom. The first-order valence-corrected chi connectivity index (χ1v) is 7.30. The number of rotatable bonds is 7. The summed E-state index contributed by atoms with van der Waals surface area (Å²) in [5.74, 6) is 7.65. The third kappa shape index (κ3) is 3.62. The SMILES string of the molecule is CCCn1ccnc1CC(NN)c1cc(C)ccc1OC. The van der Waals surface area contributed by atoms with Crippen LogP contribution >= 0.6 is 0 Å². The molecule has 1 unspecified atom stereocenters. The summed E-state index contributed by atoms with van der Waals surface area (Å²) in [6.07, 6.45) is 5.66. The van der Waals surface area contributed by atoms with Crippen molar-refractivity contribution in [3.8, 4) is 5.75 Å². The molecule has 3 N–H and O–H groups in total. The van der Waals surface area contributed by atoms with Gasteiger partial charge in [-0.25, -0.2) is 4.98 Å². The molecule has 0 saturated heterocycles. The van der Waals surface area contributed by atoms with Crippen molar-refractivity contribution in [2.45, 2.75) is 39.3 Å². The summed E-state index contributed by atoms with van der Waals surface area (Å²) >= 11 is 0. The molecular weight excluding hydrogens is 264 g/mol. The van der Waals surface area contributed by atoms with Gasteiger partial charge in [0.05, 0.1) is 13.2 Å². The molecule has 0 aliphatic heterocycles. The van der Waals surface area contributed by atoms with Gasteiger partial charge in [-0.3, -0.25) is 11.3 Å². The van der Waals surface area contributed by atoms with Crippen molar-refractivity contribution >= 4 is 0 Å². The molecule has 114 valence electrons. The lowest BCUT2D eigenvalue weighted by molar-refractivity contribution is 0.397. The number of ether oxygens (including phenoxy) is 1. The summed E-state index contributed by atoms with van der Waals surface area (Å²) in [6.45, 7) is 5.19. The van der Waals surface area contributed by atoms with Gasteiger partial charge in [-0.1, -0.05) is 24.6 Å². The van der Waals surface area contributed by atoms with E-state index in [4.69, 9.17) is 10.6 Å². The molecule has 1 atom stereocenters. The number of aromatic nitrogens is 2. The Kier molecular flexibility index (Phi) is 5.36. The van der Waals surface area contributed by atoms with Crippen LogP contribution in [0.5, 0.6) is 5.75 Å². The largest absolute Gasteiger partial charge is 0.496 e. The summed E-state index contributed by atoms with van der Waals surface area (Å²) in [5.41, 5.74) is 5.14. The first-order chi connectivity index (χ1) is 10.2. The van der Waals surface area contributed by atoms with E-state index in [1.54, 1.807) is 7.11 Å². The number of nitrogens with two attached hydrogens (primary N) is 1. The van der Waals surface area contributed by atoms with Crippen molar-refractivity contribution in [1.29, 1.82) is 0 Å². The number of benzene rings is 1. The first-order valence-electron chi connectivity index (χ1n) is 7.30. The highest BCUT2D eigenvalue weighted by Crippen LogP contribution is 2.28. The van der Waals surface area contributed by atoms with Gasteiger partial charge in [0, 0.05) is 30.9 Å². The maximum Gasteiger partial charge on any atom is 0.123 e. The second-order valence-corrected chi connectivity index (χ2v) is 5.21. The molecule has 1 aromatic heterocycles. The molecule has 0 aliphatic rings. The van der Waals surface area contributed by atoms with E-state index in [-0.39, 0.29) is 6.04 Å². The zero-order valence-electron chi connectivity index (χ0n) is 13.0. The topological polar surface area (TPSA) is 65.1 Å². The normalized spacial score (nSPS) is 12.4. The highest BCUT2D eigenvalue weighted by Gasteiger charge is 2.18. The van der Waals surface area contributed by atoms with Crippen LogP contribution in [-0.4, -0.2) is 16.7 Å². The van der Waals surface area contributed by atoms with Crippen molar-refractivity contribution in [2.24, 2.45) is 5.84 Å². The molecule has 1 heterocycles. The van der Waals surface area contributed by atoms with Gasteiger partial charge in [0.1, 0.15) is 11.6 Å². The van der Waals surface area contributed by atoms with E-state index in [0.29, 0.717) is 0 Å². The van der Waals surface area contributed by atoms with Gasteiger partial charge in [0.15, 0.2) is 0 Å². The first kappa shape index (κ1) is 15.5. The molecule has 21 heavy (non-hydrogen) atoms. The third-order valence-electron chi connectivity index (χ3n) is 3.61. The highest BCUT2D eigenvalue weighted by atomic mass is 16.5. The van der Waals surface area contributed by atoms with E-state index >= 15 is 0 Å². The summed E-state index contributed by atoms with van der Waals surface area (Å²) in [5, 5.41) is 0. The quantitative estimate of drug-likeness (QED) is 0.606. The second-order valence-electron chi connectivity index (χ2n) is 5.21. The Morgan fingerprint density at radius 2 is 2.24 bits per heavy atom. The molecular formula is C16H24N4O. The lowest BCUT2D eigenvalue weighted by Crippen LogP contribution is -2.30. The smallest absolute Gasteiger partial charge is 0.123 e. The minimum atomic E-state index is -0.0298. The van der Waals surface area contributed by atoms with E-state index in [0.717, 1.165) is 36.5 Å². The van der Waals surface area contributed by atoms with Crippen LogP contribution in [0.2, 0.25) is 0 Å². The van der Waals surface area contributed by atoms with Crippen molar-refractivity contribution < 1.29 is 4.74 Å². The predicted molar refractivity (Wildman–Crippen MR) is 84.0 cm³/mol. The summed E-state index contributed by atoms with van der Waals surface area (Å²) in [4.78, 5) is 4.45. The average Bonchev–Trinajstić information content (AvgIpc) is 2.92. The van der Waals surface area contributed by atoms with E-state index in [1.807, 2.05) is 24.5 Å². The third-order valence-corrected chi connectivity index (χ3v) is 3.61. The molecule has 2 aromatic rings. The van der Waals surface area contributed by atoms with Crippen LogP contribution in [0, 0.1) is 6.92 Å². The molecule has 0 bridgehead atoms. The van der Waals surface area contributed by atoms with Gasteiger partial charge in [-0.15, -0.1) is 0 Å². The number of imidazole rings is 1. The summed E-state index contributed by atoms with van der Waals surface area (Å²) in [7, 11) is 1.68. The molecule has 0 saturated carbocycles. The fourth-order valence-electron chi connectivity index (χ4n) is 2.54. The van der Waals surface area contributed by atoms with Gasteiger partial charge in [-0.2, -0.15) is 0 Å². The van der Waals surface area contributed by atoms with Crippen LogP contribution < -0.4 is 16.0 Å². The predicted octanol–water partition coefficient (Wildman–Crippen LogP) is 2.36. The van der Waals surface area contributed by atoms with Crippen molar-refractivity contribution in [2.75, 3.05) is 7.11 Å². The van der Waals surface area contributed by atoms with Crippen LogP contribution in [0.4, 0.5) is 0 Å². The van der Waals surface area contributed by atoms with E-state index in [1.165, 1.54) is 5.56 Å². The Morgan fingerprint density at radius 3 is 2.90 bits per heavy atom. The van der Waals surface area contributed by atoms with Crippen molar-refractivity contribution in [3.63, 3.8) is 0 Å². The monoisotopic (exact) mass is 288 g/mol. The van der Waals surface area contributed by atoms with Gasteiger partial charge >= 0.3 is 0 Å². The maximum absolute atomic E-state index is 5.78. The van der Waals surface area contributed by atoms with Gasteiger partial charge in [0.2, 0.25) is 0 Å². The molecule has 0 aliphatic carbocycles. The average molecular weight is 288 g/mol. The van der Waals surface area contributed by atoms with E-state index in [2.05, 4.69) is 34.9 Å².